The zero-order chi connectivity index (χ0) is 14.7. The topological polar surface area (TPSA) is 23.6 Å². The van der Waals surface area contributed by atoms with Crippen molar-refractivity contribution in [3.05, 3.63) is 33.3 Å². The van der Waals surface area contributed by atoms with Crippen molar-refractivity contribution >= 4 is 33.4 Å². The average molecular weight is 360 g/mol. The van der Waals surface area contributed by atoms with Crippen molar-refractivity contribution in [2.75, 3.05) is 33.7 Å². The highest BCUT2D eigenvalue weighted by Gasteiger charge is 2.21. The van der Waals surface area contributed by atoms with Gasteiger partial charge < -0.3 is 9.80 Å². The van der Waals surface area contributed by atoms with Crippen LogP contribution in [0.25, 0.3) is 0 Å². The predicted molar refractivity (Wildman–Crippen MR) is 86.3 cm³/mol. The first-order chi connectivity index (χ1) is 9.47. The van der Waals surface area contributed by atoms with Gasteiger partial charge in [0.2, 0.25) is 0 Å². The van der Waals surface area contributed by atoms with E-state index < -0.39 is 0 Å². The van der Waals surface area contributed by atoms with Crippen LogP contribution in [-0.4, -0.2) is 49.4 Å². The van der Waals surface area contributed by atoms with Crippen LogP contribution in [0.15, 0.2) is 22.7 Å². The van der Waals surface area contributed by atoms with Gasteiger partial charge in [0.1, 0.15) is 0 Å². The highest BCUT2D eigenvalue weighted by molar-refractivity contribution is 9.10. The van der Waals surface area contributed by atoms with Gasteiger partial charge in [-0.1, -0.05) is 11.6 Å². The van der Waals surface area contributed by atoms with Crippen molar-refractivity contribution in [3.63, 3.8) is 0 Å². The van der Waals surface area contributed by atoms with E-state index in [1.54, 1.807) is 6.07 Å². The number of hydrogen-bond donors (Lipinski definition) is 0. The molecule has 1 aromatic rings. The monoisotopic (exact) mass is 358 g/mol. The van der Waals surface area contributed by atoms with Crippen molar-refractivity contribution in [2.24, 2.45) is 5.92 Å². The minimum Gasteiger partial charge on any atom is -0.341 e. The molecule has 0 radical (unpaired) electrons. The van der Waals surface area contributed by atoms with Crippen LogP contribution in [-0.2, 0) is 0 Å². The van der Waals surface area contributed by atoms with Gasteiger partial charge in [-0.05, 0) is 73.0 Å². The van der Waals surface area contributed by atoms with E-state index in [4.69, 9.17) is 11.6 Å². The van der Waals surface area contributed by atoms with Crippen LogP contribution in [0.1, 0.15) is 23.2 Å². The number of nitrogens with zero attached hydrogens (tertiary/aromatic N) is 2. The minimum atomic E-state index is 0.0401. The Bertz CT molecular complexity index is 487. The van der Waals surface area contributed by atoms with Crippen LogP contribution in [0.3, 0.4) is 0 Å². The largest absolute Gasteiger partial charge is 0.341 e. The van der Waals surface area contributed by atoms with Crippen LogP contribution in [0, 0.1) is 5.92 Å². The molecule has 1 heterocycles. The number of piperidine rings is 1. The van der Waals surface area contributed by atoms with Gasteiger partial charge in [0.05, 0.1) is 5.02 Å². The number of halogens is 2. The predicted octanol–water partition coefficient (Wildman–Crippen LogP) is 3.52. The molecule has 1 amide bonds. The molecular formula is C15H20BrClN2O. The Morgan fingerprint density at radius 2 is 2.10 bits per heavy atom. The van der Waals surface area contributed by atoms with Gasteiger partial charge in [0.25, 0.3) is 5.91 Å². The number of likely N-dealkylation sites (tertiary alicyclic amines) is 1. The Balaban J connectivity index is 1.96. The lowest BCUT2D eigenvalue weighted by Gasteiger charge is -2.31. The van der Waals surface area contributed by atoms with E-state index in [9.17, 15) is 4.79 Å². The van der Waals surface area contributed by atoms with Crippen molar-refractivity contribution in [2.45, 2.75) is 12.8 Å². The fourth-order valence-corrected chi connectivity index (χ4v) is 2.99. The van der Waals surface area contributed by atoms with E-state index in [1.807, 2.05) is 24.1 Å². The molecule has 0 N–H and O–H groups in total. The first-order valence-electron chi connectivity index (χ1n) is 6.86. The quantitative estimate of drug-likeness (QED) is 0.824. The van der Waals surface area contributed by atoms with Gasteiger partial charge in [-0.2, -0.15) is 0 Å². The SMILES string of the molecule is CN1CCC(CN(C)C(=O)c2ccc(Br)c(Cl)c2)CC1. The highest BCUT2D eigenvalue weighted by Crippen LogP contribution is 2.24. The first-order valence-corrected chi connectivity index (χ1v) is 8.03. The lowest BCUT2D eigenvalue weighted by Crippen LogP contribution is -2.37. The summed E-state index contributed by atoms with van der Waals surface area (Å²) >= 11 is 9.39. The lowest BCUT2D eigenvalue weighted by atomic mass is 9.96. The molecule has 20 heavy (non-hydrogen) atoms. The zero-order valence-corrected chi connectivity index (χ0v) is 14.2. The van der Waals surface area contributed by atoms with Crippen molar-refractivity contribution in [1.29, 1.82) is 0 Å². The summed E-state index contributed by atoms with van der Waals surface area (Å²) < 4.78 is 0.814. The number of carbonyl (C=O) groups excluding carboxylic acids is 1. The molecule has 5 heteroatoms. The maximum Gasteiger partial charge on any atom is 0.253 e. The average Bonchev–Trinajstić information content (AvgIpc) is 2.43. The number of amides is 1. The molecule has 1 aliphatic rings. The molecular weight excluding hydrogens is 340 g/mol. The Morgan fingerprint density at radius 3 is 2.70 bits per heavy atom. The van der Waals surface area contributed by atoms with Gasteiger partial charge in [-0.25, -0.2) is 0 Å². The molecule has 0 atom stereocenters. The summed E-state index contributed by atoms with van der Waals surface area (Å²) in [6.45, 7) is 3.06. The maximum absolute atomic E-state index is 12.4. The van der Waals surface area contributed by atoms with Gasteiger partial charge >= 0.3 is 0 Å². The second-order valence-corrected chi connectivity index (χ2v) is 6.82. The van der Waals surface area contributed by atoms with Gasteiger partial charge in [-0.15, -0.1) is 0 Å². The van der Waals surface area contributed by atoms with Crippen molar-refractivity contribution in [1.82, 2.24) is 9.80 Å². The molecule has 3 nitrogen and oxygen atoms in total. The molecule has 2 rings (SSSR count). The van der Waals surface area contributed by atoms with Gasteiger partial charge in [0.15, 0.2) is 0 Å². The second-order valence-electron chi connectivity index (χ2n) is 5.56. The van der Waals surface area contributed by atoms with Crippen molar-refractivity contribution in [3.8, 4) is 0 Å². The molecule has 1 aliphatic heterocycles. The number of rotatable bonds is 3. The van der Waals surface area contributed by atoms with E-state index >= 15 is 0 Å². The molecule has 110 valence electrons. The normalized spacial score (nSPS) is 17.2. The summed E-state index contributed by atoms with van der Waals surface area (Å²) in [7, 11) is 4.02. The summed E-state index contributed by atoms with van der Waals surface area (Å²) in [6, 6.07) is 5.35. The number of benzene rings is 1. The van der Waals surface area contributed by atoms with Gasteiger partial charge in [0, 0.05) is 23.6 Å². The molecule has 1 fully saturated rings. The number of carbonyl (C=O) groups is 1. The summed E-state index contributed by atoms with van der Waals surface area (Å²) in [4.78, 5) is 16.5. The third-order valence-corrected chi connectivity index (χ3v) is 5.12. The van der Waals surface area contributed by atoms with Crippen LogP contribution in [0.4, 0.5) is 0 Å². The highest BCUT2D eigenvalue weighted by atomic mass is 79.9. The van der Waals surface area contributed by atoms with Crippen LogP contribution in [0.5, 0.6) is 0 Å². The van der Waals surface area contributed by atoms with Crippen LogP contribution in [0.2, 0.25) is 5.02 Å². The second kappa shape index (κ2) is 6.92. The first kappa shape index (κ1) is 15.8. The zero-order valence-electron chi connectivity index (χ0n) is 11.9. The van der Waals surface area contributed by atoms with Crippen LogP contribution < -0.4 is 0 Å². The molecule has 0 unspecified atom stereocenters. The Hall–Kier alpha value is -0.580. The third-order valence-electron chi connectivity index (χ3n) is 3.88. The standard InChI is InChI=1S/C15H20BrClN2O/c1-18-7-5-11(6-8-18)10-19(2)15(20)12-3-4-13(16)14(17)9-12/h3-4,9,11H,5-8,10H2,1-2H3. The summed E-state index contributed by atoms with van der Waals surface area (Å²) in [5.74, 6) is 0.643. The van der Waals surface area contributed by atoms with Crippen LogP contribution >= 0.6 is 27.5 Å². The van der Waals surface area contributed by atoms with Crippen molar-refractivity contribution < 1.29 is 4.79 Å². The van der Waals surface area contributed by atoms with E-state index in [1.165, 1.54) is 0 Å². The summed E-state index contributed by atoms with van der Waals surface area (Å²) in [5.41, 5.74) is 0.647. The fourth-order valence-electron chi connectivity index (χ4n) is 2.56. The van der Waals surface area contributed by atoms with Gasteiger partial charge in [-0.3, -0.25) is 4.79 Å². The molecule has 1 saturated heterocycles. The molecule has 1 aromatic carbocycles. The molecule has 0 spiro atoms. The molecule has 0 bridgehead atoms. The number of hydrogen-bond acceptors (Lipinski definition) is 2. The third kappa shape index (κ3) is 3.96. The smallest absolute Gasteiger partial charge is 0.253 e. The van der Waals surface area contributed by atoms with E-state index in [0.717, 1.165) is 36.9 Å². The summed E-state index contributed by atoms with van der Waals surface area (Å²) in [5, 5.41) is 0.573. The Morgan fingerprint density at radius 1 is 1.45 bits per heavy atom. The Kier molecular flexibility index (Phi) is 5.47. The molecule has 0 aromatic heterocycles. The molecule has 0 aliphatic carbocycles. The van der Waals surface area contributed by atoms with E-state index in [2.05, 4.69) is 27.9 Å². The fraction of sp³-hybridized carbons (Fsp3) is 0.533. The summed E-state index contributed by atoms with van der Waals surface area (Å²) in [6.07, 6.45) is 2.32. The maximum atomic E-state index is 12.4. The lowest BCUT2D eigenvalue weighted by molar-refractivity contribution is 0.0747. The van der Waals surface area contributed by atoms with E-state index in [0.29, 0.717) is 16.5 Å². The Labute approximate surface area is 134 Å². The van der Waals surface area contributed by atoms with E-state index in [-0.39, 0.29) is 5.91 Å². The molecule has 0 saturated carbocycles. The minimum absolute atomic E-state index is 0.0401.